The van der Waals surface area contributed by atoms with E-state index in [1.54, 1.807) is 24.4 Å². The number of rotatable bonds is 5. The molecule has 1 aromatic heterocycles. The van der Waals surface area contributed by atoms with E-state index < -0.39 is 11.6 Å². The zero-order valence-electron chi connectivity index (χ0n) is 16.3. The molecule has 144 valence electrons. The summed E-state index contributed by atoms with van der Waals surface area (Å²) < 4.78 is 5.43. The van der Waals surface area contributed by atoms with E-state index in [4.69, 9.17) is 4.74 Å². The molecule has 0 saturated carbocycles. The molecule has 0 bridgehead atoms. The van der Waals surface area contributed by atoms with Crippen LogP contribution >= 0.6 is 0 Å². The third-order valence-corrected chi connectivity index (χ3v) is 4.69. The topological polar surface area (TPSA) is 71.5 Å². The Hall–Kier alpha value is -3.34. The van der Waals surface area contributed by atoms with Gasteiger partial charge in [-0.05, 0) is 55.7 Å². The number of alkyl carbamates (subject to hydrolysis) is 1. The second kappa shape index (κ2) is 7.72. The number of aromatic nitrogens is 1. The summed E-state index contributed by atoms with van der Waals surface area (Å²) in [6.45, 7) is 9.84. The van der Waals surface area contributed by atoms with Crippen LogP contribution in [0.25, 0.3) is 16.5 Å². The maximum absolute atomic E-state index is 12.4. The highest BCUT2D eigenvalue weighted by Gasteiger charge is 2.24. The molecule has 0 radical (unpaired) electrons. The van der Waals surface area contributed by atoms with Crippen LogP contribution in [0.1, 0.15) is 37.5 Å². The van der Waals surface area contributed by atoms with Crippen LogP contribution in [0.5, 0.6) is 5.75 Å². The van der Waals surface area contributed by atoms with E-state index in [-0.39, 0.29) is 12.4 Å². The Kier molecular flexibility index (Phi) is 5.36. The quantitative estimate of drug-likeness (QED) is 0.647. The van der Waals surface area contributed by atoms with Gasteiger partial charge in [0.05, 0.1) is 5.54 Å². The van der Waals surface area contributed by atoms with Crippen LogP contribution < -0.4 is 5.32 Å². The number of nitrogens with one attached hydrogen (secondary N) is 1. The van der Waals surface area contributed by atoms with Crippen molar-refractivity contribution in [3.63, 3.8) is 0 Å². The second-order valence-electron chi connectivity index (χ2n) is 7.33. The minimum atomic E-state index is -0.610. The first-order chi connectivity index (χ1) is 13.3. The predicted molar refractivity (Wildman–Crippen MR) is 111 cm³/mol. The van der Waals surface area contributed by atoms with E-state index in [2.05, 4.69) is 16.9 Å². The number of allylic oxidation sites excluding steroid dienone is 1. The fourth-order valence-corrected chi connectivity index (χ4v) is 3.02. The number of amides is 1. The summed E-state index contributed by atoms with van der Waals surface area (Å²) in [6.07, 6.45) is 1.09. The van der Waals surface area contributed by atoms with Crippen LogP contribution in [0, 0.1) is 0 Å². The average molecular weight is 376 g/mol. The van der Waals surface area contributed by atoms with Gasteiger partial charge in [0.1, 0.15) is 17.9 Å². The Morgan fingerprint density at radius 1 is 1.21 bits per heavy atom. The first-order valence-electron chi connectivity index (χ1n) is 9.05. The Bertz CT molecular complexity index is 1040. The molecule has 0 saturated heterocycles. The lowest BCUT2D eigenvalue weighted by molar-refractivity contribution is 0.130. The first kappa shape index (κ1) is 19.4. The monoisotopic (exact) mass is 376 g/mol. The summed E-state index contributed by atoms with van der Waals surface area (Å²) in [6, 6.07) is 14.8. The van der Waals surface area contributed by atoms with Crippen molar-refractivity contribution in [3.05, 3.63) is 78.0 Å². The van der Waals surface area contributed by atoms with Crippen molar-refractivity contribution in [2.45, 2.75) is 32.9 Å². The largest absolute Gasteiger partial charge is 0.506 e. The summed E-state index contributed by atoms with van der Waals surface area (Å²) >= 11 is 0. The molecule has 0 atom stereocenters. The van der Waals surface area contributed by atoms with Crippen LogP contribution in [0.15, 0.2) is 61.3 Å². The first-order valence-corrected chi connectivity index (χ1v) is 9.05. The molecule has 3 aromatic rings. The van der Waals surface area contributed by atoms with Gasteiger partial charge < -0.3 is 15.2 Å². The number of carbonyl (C=O) groups is 1. The number of phenolic OH excluding ortho intramolecular Hbond substituents is 1. The maximum atomic E-state index is 12.4. The Balaban J connectivity index is 1.71. The molecule has 28 heavy (non-hydrogen) atoms. The number of aromatic hydroxyl groups is 1. The van der Waals surface area contributed by atoms with Crippen LogP contribution in [-0.4, -0.2) is 16.2 Å². The standard InChI is InChI=1S/C23H24N2O3/c1-15(2)16-7-5-8-18(13-16)23(3,4)25-22(27)28-14-17-10-11-20(26)21-19(17)9-6-12-24-21/h5-13,26H,1,14H2,2-4H3,(H,25,27). The molecule has 2 aromatic carbocycles. The summed E-state index contributed by atoms with van der Waals surface area (Å²) in [5.74, 6) is 0.0994. The third kappa shape index (κ3) is 4.14. The molecule has 0 aliphatic rings. The number of phenols is 1. The SMILES string of the molecule is C=C(C)c1cccc(C(C)(C)NC(=O)OCc2ccc(O)c3ncccc23)c1. The van der Waals surface area contributed by atoms with Gasteiger partial charge in [-0.25, -0.2) is 4.79 Å². The molecule has 1 heterocycles. The van der Waals surface area contributed by atoms with Gasteiger partial charge in [-0.3, -0.25) is 4.98 Å². The summed E-state index contributed by atoms with van der Waals surface area (Å²) in [5.41, 5.74) is 3.61. The lowest BCUT2D eigenvalue weighted by atomic mass is 9.92. The molecular weight excluding hydrogens is 352 g/mol. The molecule has 0 aliphatic carbocycles. The van der Waals surface area contributed by atoms with Gasteiger partial charge in [0, 0.05) is 11.6 Å². The van der Waals surface area contributed by atoms with Crippen molar-refractivity contribution >= 4 is 22.6 Å². The number of pyridine rings is 1. The number of benzene rings is 2. The van der Waals surface area contributed by atoms with Crippen molar-refractivity contribution < 1.29 is 14.6 Å². The van der Waals surface area contributed by atoms with Crippen molar-refractivity contribution in [1.29, 1.82) is 0 Å². The van der Waals surface area contributed by atoms with Crippen molar-refractivity contribution in [2.75, 3.05) is 0 Å². The van der Waals surface area contributed by atoms with Crippen LogP contribution in [-0.2, 0) is 16.9 Å². The number of fused-ring (bicyclic) bond motifs is 1. The van der Waals surface area contributed by atoms with E-state index in [1.807, 2.05) is 51.1 Å². The van der Waals surface area contributed by atoms with Crippen LogP contribution in [0.4, 0.5) is 4.79 Å². The fourth-order valence-electron chi connectivity index (χ4n) is 3.02. The molecule has 0 unspecified atom stereocenters. The normalized spacial score (nSPS) is 11.2. The molecule has 2 N–H and O–H groups in total. The minimum Gasteiger partial charge on any atom is -0.506 e. The van der Waals surface area contributed by atoms with Crippen LogP contribution in [0.3, 0.4) is 0 Å². The van der Waals surface area contributed by atoms with Gasteiger partial charge in [0.2, 0.25) is 0 Å². The van der Waals surface area contributed by atoms with Crippen LogP contribution in [0.2, 0.25) is 0 Å². The van der Waals surface area contributed by atoms with E-state index in [0.29, 0.717) is 5.52 Å². The molecule has 0 aliphatic heterocycles. The highest BCUT2D eigenvalue weighted by molar-refractivity contribution is 5.87. The molecule has 1 amide bonds. The van der Waals surface area contributed by atoms with Crippen molar-refractivity contribution in [2.24, 2.45) is 0 Å². The Morgan fingerprint density at radius 3 is 2.75 bits per heavy atom. The molecule has 0 spiro atoms. The maximum Gasteiger partial charge on any atom is 0.408 e. The van der Waals surface area contributed by atoms with Gasteiger partial charge in [-0.1, -0.05) is 42.5 Å². The number of nitrogens with zero attached hydrogens (tertiary/aromatic N) is 1. The van der Waals surface area contributed by atoms with Crippen molar-refractivity contribution in [1.82, 2.24) is 10.3 Å². The fraction of sp³-hybridized carbons (Fsp3) is 0.217. The van der Waals surface area contributed by atoms with E-state index in [1.165, 1.54) is 0 Å². The van der Waals surface area contributed by atoms with Gasteiger partial charge in [-0.15, -0.1) is 0 Å². The molecule has 0 fully saturated rings. The van der Waals surface area contributed by atoms with Crippen molar-refractivity contribution in [3.8, 4) is 5.75 Å². The highest BCUT2D eigenvalue weighted by Crippen LogP contribution is 2.26. The zero-order valence-corrected chi connectivity index (χ0v) is 16.3. The minimum absolute atomic E-state index is 0.0796. The number of ether oxygens (including phenoxy) is 1. The lowest BCUT2D eigenvalue weighted by Gasteiger charge is -2.27. The van der Waals surface area contributed by atoms with Gasteiger partial charge >= 0.3 is 6.09 Å². The average Bonchev–Trinajstić information content (AvgIpc) is 2.67. The number of carbonyl (C=O) groups excluding carboxylic acids is 1. The smallest absolute Gasteiger partial charge is 0.408 e. The highest BCUT2D eigenvalue weighted by atomic mass is 16.5. The van der Waals surface area contributed by atoms with Gasteiger partial charge in [0.15, 0.2) is 0 Å². The van der Waals surface area contributed by atoms with E-state index >= 15 is 0 Å². The summed E-state index contributed by atoms with van der Waals surface area (Å²) in [5, 5.41) is 13.6. The Labute approximate surface area is 164 Å². The number of hydrogen-bond donors (Lipinski definition) is 2. The van der Waals surface area contributed by atoms with E-state index in [9.17, 15) is 9.90 Å². The van der Waals surface area contributed by atoms with E-state index in [0.717, 1.165) is 27.6 Å². The number of hydrogen-bond acceptors (Lipinski definition) is 4. The third-order valence-electron chi connectivity index (χ3n) is 4.69. The Morgan fingerprint density at radius 2 is 2.00 bits per heavy atom. The van der Waals surface area contributed by atoms with Gasteiger partial charge in [-0.2, -0.15) is 0 Å². The molecule has 5 heteroatoms. The second-order valence-corrected chi connectivity index (χ2v) is 7.33. The lowest BCUT2D eigenvalue weighted by Crippen LogP contribution is -2.41. The molecule has 3 rings (SSSR count). The van der Waals surface area contributed by atoms with Gasteiger partial charge in [0.25, 0.3) is 0 Å². The zero-order chi connectivity index (χ0) is 20.3. The molecular formula is C23H24N2O3. The predicted octanol–water partition coefficient (Wildman–Crippen LogP) is 5.14. The molecule has 5 nitrogen and oxygen atoms in total. The summed E-state index contributed by atoms with van der Waals surface area (Å²) in [4.78, 5) is 16.6. The summed E-state index contributed by atoms with van der Waals surface area (Å²) in [7, 11) is 0.